The molecule has 0 aliphatic heterocycles. The number of hydrogen-bond donors (Lipinski definition) is 1. The Morgan fingerprint density at radius 1 is 1.40 bits per heavy atom. The van der Waals surface area contributed by atoms with Gasteiger partial charge in [-0.15, -0.1) is 12.4 Å². The fourth-order valence-electron chi connectivity index (χ4n) is 1.24. The summed E-state index contributed by atoms with van der Waals surface area (Å²) in [7, 11) is 1.39. The van der Waals surface area contributed by atoms with E-state index in [1.807, 2.05) is 30.3 Å². The summed E-state index contributed by atoms with van der Waals surface area (Å²) in [6.45, 7) is 0. The van der Waals surface area contributed by atoms with Crippen molar-refractivity contribution >= 4 is 18.4 Å². The molecule has 1 aromatic carbocycles. The van der Waals surface area contributed by atoms with E-state index in [4.69, 9.17) is 5.73 Å². The van der Waals surface area contributed by atoms with E-state index in [9.17, 15) is 4.79 Å². The van der Waals surface area contributed by atoms with Gasteiger partial charge in [0, 0.05) is 12.5 Å². The predicted octanol–water partition coefficient (Wildman–Crippen LogP) is 2.06. The number of carbonyl (C=O) groups excluding carboxylic acids is 1. The third kappa shape index (κ3) is 4.81. The molecule has 4 heteroatoms. The lowest BCUT2D eigenvalue weighted by Crippen LogP contribution is -2.12. The van der Waals surface area contributed by atoms with Crippen LogP contribution in [0.4, 0.5) is 0 Å². The van der Waals surface area contributed by atoms with E-state index in [2.05, 4.69) is 4.74 Å². The lowest BCUT2D eigenvalue weighted by atomic mass is 10.0. The molecule has 0 heterocycles. The molecule has 1 aromatic rings. The lowest BCUT2D eigenvalue weighted by Gasteiger charge is -2.10. The Hall–Kier alpha value is -1.06. The van der Waals surface area contributed by atoms with E-state index >= 15 is 0 Å². The zero-order valence-corrected chi connectivity index (χ0v) is 9.50. The van der Waals surface area contributed by atoms with Crippen LogP contribution in [0.5, 0.6) is 0 Å². The minimum absolute atomic E-state index is 0. The van der Waals surface area contributed by atoms with E-state index < -0.39 is 0 Å². The summed E-state index contributed by atoms with van der Waals surface area (Å²) in [5, 5.41) is 0. The van der Waals surface area contributed by atoms with Crippen molar-refractivity contribution in [2.75, 3.05) is 7.11 Å². The van der Waals surface area contributed by atoms with Crippen LogP contribution in [0, 0.1) is 0 Å². The first-order valence-electron chi connectivity index (χ1n) is 4.61. The van der Waals surface area contributed by atoms with Crippen LogP contribution >= 0.6 is 12.4 Å². The van der Waals surface area contributed by atoms with Gasteiger partial charge in [-0.25, -0.2) is 0 Å². The zero-order chi connectivity index (χ0) is 10.4. The lowest BCUT2D eigenvalue weighted by molar-refractivity contribution is -0.140. The summed E-state index contributed by atoms with van der Waals surface area (Å²) in [4.78, 5) is 10.9. The summed E-state index contributed by atoms with van der Waals surface area (Å²) < 4.78 is 4.54. The predicted molar refractivity (Wildman–Crippen MR) is 61.9 cm³/mol. The van der Waals surface area contributed by atoms with Crippen LogP contribution in [0.3, 0.4) is 0 Å². The van der Waals surface area contributed by atoms with Gasteiger partial charge in [0.25, 0.3) is 0 Å². The number of benzene rings is 1. The molecule has 0 aromatic heterocycles. The number of halogens is 1. The topological polar surface area (TPSA) is 52.3 Å². The number of nitrogens with two attached hydrogens (primary N) is 1. The minimum Gasteiger partial charge on any atom is -0.469 e. The molecule has 0 amide bonds. The Kier molecular flexibility index (Phi) is 6.75. The van der Waals surface area contributed by atoms with Crippen LogP contribution in [0.25, 0.3) is 0 Å². The van der Waals surface area contributed by atoms with Crippen molar-refractivity contribution in [3.8, 4) is 0 Å². The van der Waals surface area contributed by atoms with Crippen molar-refractivity contribution in [1.82, 2.24) is 0 Å². The molecule has 0 saturated heterocycles. The van der Waals surface area contributed by atoms with E-state index in [1.165, 1.54) is 7.11 Å². The monoisotopic (exact) mass is 229 g/mol. The first kappa shape index (κ1) is 13.9. The number of hydrogen-bond acceptors (Lipinski definition) is 3. The molecule has 0 radical (unpaired) electrons. The van der Waals surface area contributed by atoms with Crippen LogP contribution in [-0.4, -0.2) is 13.1 Å². The van der Waals surface area contributed by atoms with Crippen LogP contribution in [0.15, 0.2) is 30.3 Å². The van der Waals surface area contributed by atoms with Gasteiger partial charge in [-0.3, -0.25) is 4.79 Å². The molecule has 84 valence electrons. The maximum atomic E-state index is 10.9. The normalized spacial score (nSPS) is 11.3. The Balaban J connectivity index is 0.00000196. The van der Waals surface area contributed by atoms with Gasteiger partial charge in [0.15, 0.2) is 0 Å². The second-order valence-corrected chi connectivity index (χ2v) is 3.13. The molecule has 2 N–H and O–H groups in total. The molecule has 1 rings (SSSR count). The van der Waals surface area contributed by atoms with E-state index in [0.717, 1.165) is 5.56 Å². The summed E-state index contributed by atoms with van der Waals surface area (Å²) in [5.74, 6) is -0.212. The van der Waals surface area contributed by atoms with Gasteiger partial charge in [0.1, 0.15) is 0 Å². The molecule has 1 unspecified atom stereocenters. The van der Waals surface area contributed by atoms with Gasteiger partial charge in [0.05, 0.1) is 7.11 Å². The minimum atomic E-state index is -0.212. The fourth-order valence-corrected chi connectivity index (χ4v) is 1.24. The van der Waals surface area contributed by atoms with Crippen molar-refractivity contribution in [3.63, 3.8) is 0 Å². The Morgan fingerprint density at radius 3 is 2.53 bits per heavy atom. The summed E-state index contributed by atoms with van der Waals surface area (Å²) in [5.41, 5.74) is 6.94. The quantitative estimate of drug-likeness (QED) is 0.805. The highest BCUT2D eigenvalue weighted by Crippen LogP contribution is 2.14. The van der Waals surface area contributed by atoms with E-state index in [1.54, 1.807) is 0 Å². The number of esters is 1. The van der Waals surface area contributed by atoms with Crippen LogP contribution in [0.1, 0.15) is 24.4 Å². The zero-order valence-electron chi connectivity index (χ0n) is 8.68. The van der Waals surface area contributed by atoms with Gasteiger partial charge < -0.3 is 10.5 Å². The number of ether oxygens (including phenoxy) is 1. The maximum absolute atomic E-state index is 10.9. The molecular weight excluding hydrogens is 214 g/mol. The van der Waals surface area contributed by atoms with Crippen molar-refractivity contribution in [2.24, 2.45) is 5.73 Å². The van der Waals surface area contributed by atoms with E-state index in [0.29, 0.717) is 12.8 Å². The first-order chi connectivity index (χ1) is 6.74. The standard InChI is InChI=1S/C11H15NO2.ClH/c1-14-11(13)8-7-10(12)9-5-3-2-4-6-9;/h2-6,10H,7-8,12H2,1H3;1H. The van der Waals surface area contributed by atoms with Crippen LogP contribution in [0.2, 0.25) is 0 Å². The van der Waals surface area contributed by atoms with Crippen molar-refractivity contribution in [2.45, 2.75) is 18.9 Å². The number of carbonyl (C=O) groups is 1. The SMILES string of the molecule is COC(=O)CCC(N)c1ccccc1.Cl. The molecule has 0 spiro atoms. The summed E-state index contributed by atoms with van der Waals surface area (Å²) >= 11 is 0. The summed E-state index contributed by atoms with van der Waals surface area (Å²) in [6.07, 6.45) is 0.989. The molecule has 3 nitrogen and oxygen atoms in total. The van der Waals surface area contributed by atoms with Gasteiger partial charge in [-0.05, 0) is 12.0 Å². The molecule has 0 aliphatic rings. The van der Waals surface area contributed by atoms with Gasteiger partial charge in [0.2, 0.25) is 0 Å². The fraction of sp³-hybridized carbons (Fsp3) is 0.364. The highest BCUT2D eigenvalue weighted by molar-refractivity contribution is 5.85. The van der Waals surface area contributed by atoms with Gasteiger partial charge >= 0.3 is 5.97 Å². The highest BCUT2D eigenvalue weighted by Gasteiger charge is 2.08. The molecular formula is C11H16ClNO2. The van der Waals surface area contributed by atoms with Crippen molar-refractivity contribution in [3.05, 3.63) is 35.9 Å². The number of methoxy groups -OCH3 is 1. The molecule has 0 aliphatic carbocycles. The van der Waals surface area contributed by atoms with Crippen molar-refractivity contribution in [1.29, 1.82) is 0 Å². The van der Waals surface area contributed by atoms with E-state index in [-0.39, 0.29) is 24.4 Å². The van der Waals surface area contributed by atoms with Gasteiger partial charge in [-0.1, -0.05) is 30.3 Å². The van der Waals surface area contributed by atoms with Gasteiger partial charge in [-0.2, -0.15) is 0 Å². The molecule has 1 atom stereocenters. The molecule has 15 heavy (non-hydrogen) atoms. The molecule has 0 fully saturated rings. The average molecular weight is 230 g/mol. The largest absolute Gasteiger partial charge is 0.469 e. The molecule has 0 saturated carbocycles. The number of rotatable bonds is 4. The van der Waals surface area contributed by atoms with Crippen molar-refractivity contribution < 1.29 is 9.53 Å². The first-order valence-corrected chi connectivity index (χ1v) is 4.61. The summed E-state index contributed by atoms with van der Waals surface area (Å²) in [6, 6.07) is 9.65. The second-order valence-electron chi connectivity index (χ2n) is 3.13. The Labute approximate surface area is 96.0 Å². The molecule has 0 bridgehead atoms. The Bertz CT molecular complexity index is 290. The maximum Gasteiger partial charge on any atom is 0.305 e. The van der Waals surface area contributed by atoms with Crippen LogP contribution in [-0.2, 0) is 9.53 Å². The average Bonchev–Trinajstić information content (AvgIpc) is 2.26. The third-order valence-electron chi connectivity index (χ3n) is 2.11. The second kappa shape index (κ2) is 7.26. The van der Waals surface area contributed by atoms with Crippen LogP contribution < -0.4 is 5.73 Å². The third-order valence-corrected chi connectivity index (χ3v) is 2.11. The Morgan fingerprint density at radius 2 is 2.00 bits per heavy atom. The smallest absolute Gasteiger partial charge is 0.305 e. The highest BCUT2D eigenvalue weighted by atomic mass is 35.5.